The smallest absolute Gasteiger partial charge is 0.257 e. The Morgan fingerprint density at radius 2 is 1.89 bits per heavy atom. The molecular formula is C31H46ClN3O2. The minimum atomic E-state index is 0.409. The summed E-state index contributed by atoms with van der Waals surface area (Å²) in [6.45, 7) is 14.6. The molecule has 0 aromatic carbocycles. The van der Waals surface area contributed by atoms with Gasteiger partial charge in [-0.1, -0.05) is 48.9 Å². The van der Waals surface area contributed by atoms with Crippen LogP contribution in [0.5, 0.6) is 0 Å². The van der Waals surface area contributed by atoms with Gasteiger partial charge in [0.05, 0.1) is 6.61 Å². The molecule has 0 spiro atoms. The van der Waals surface area contributed by atoms with Gasteiger partial charge in [-0.25, -0.2) is 0 Å². The minimum absolute atomic E-state index is 0.409. The van der Waals surface area contributed by atoms with Crippen LogP contribution >= 0.6 is 11.6 Å². The number of nitrogens with zero attached hydrogens (tertiary/aromatic N) is 3. The van der Waals surface area contributed by atoms with Gasteiger partial charge in [0.25, 0.3) is 5.90 Å². The van der Waals surface area contributed by atoms with Crippen molar-refractivity contribution in [2.45, 2.75) is 53.0 Å². The molecule has 1 aliphatic rings. The molecule has 0 saturated carbocycles. The Morgan fingerprint density at radius 1 is 1.19 bits per heavy atom. The molecule has 1 fully saturated rings. The van der Waals surface area contributed by atoms with Crippen molar-refractivity contribution in [3.8, 4) is 12.8 Å². The van der Waals surface area contributed by atoms with Crippen molar-refractivity contribution in [1.29, 1.82) is 0 Å². The summed E-state index contributed by atoms with van der Waals surface area (Å²) in [6.07, 6.45) is 26.9. The number of terminal acetylenes is 1. The molecule has 0 bridgehead atoms. The Hall–Kier alpha value is -2.94. The van der Waals surface area contributed by atoms with E-state index >= 15 is 0 Å². The Labute approximate surface area is 231 Å². The van der Waals surface area contributed by atoms with Crippen molar-refractivity contribution < 1.29 is 9.47 Å². The zero-order chi connectivity index (χ0) is 28.2. The van der Waals surface area contributed by atoms with E-state index in [1.54, 1.807) is 7.05 Å². The molecule has 204 valence electrons. The van der Waals surface area contributed by atoms with Crippen LogP contribution in [0.3, 0.4) is 0 Å². The number of allylic oxidation sites excluding steroid dienone is 9. The summed E-state index contributed by atoms with van der Waals surface area (Å²) in [5.41, 5.74) is 2.45. The summed E-state index contributed by atoms with van der Waals surface area (Å²) in [7, 11) is 5.97. The van der Waals surface area contributed by atoms with Crippen LogP contribution in [0.2, 0.25) is 0 Å². The third-order valence-electron chi connectivity index (χ3n) is 5.73. The van der Waals surface area contributed by atoms with Crippen LogP contribution in [0.4, 0.5) is 0 Å². The maximum absolute atomic E-state index is 5.97. The lowest BCUT2D eigenvalue weighted by molar-refractivity contribution is 0.220. The van der Waals surface area contributed by atoms with E-state index in [1.807, 2.05) is 45.1 Å². The number of halogens is 1. The highest BCUT2D eigenvalue weighted by molar-refractivity contribution is 6.29. The average molecular weight is 528 g/mol. The second-order valence-electron chi connectivity index (χ2n) is 8.58. The number of aliphatic imine (C=N–C) groups is 1. The van der Waals surface area contributed by atoms with Gasteiger partial charge in [0, 0.05) is 43.3 Å². The van der Waals surface area contributed by atoms with Crippen LogP contribution in [0.1, 0.15) is 47.0 Å². The summed E-state index contributed by atoms with van der Waals surface area (Å²) in [6, 6.07) is 0.582. The van der Waals surface area contributed by atoms with Gasteiger partial charge in [-0.15, -0.1) is 12.8 Å². The zero-order valence-electron chi connectivity index (χ0n) is 23.8. The summed E-state index contributed by atoms with van der Waals surface area (Å²) in [5.74, 6) is 1.50. The van der Waals surface area contributed by atoms with Gasteiger partial charge in [-0.05, 0) is 78.1 Å². The van der Waals surface area contributed by atoms with Crippen LogP contribution in [0.25, 0.3) is 0 Å². The van der Waals surface area contributed by atoms with E-state index < -0.39 is 0 Å². The third-order valence-corrected chi connectivity index (χ3v) is 5.86. The molecule has 0 radical (unpaired) electrons. The predicted octanol–water partition coefficient (Wildman–Crippen LogP) is 7.24. The monoisotopic (exact) mass is 527 g/mol. The Balaban J connectivity index is 0.00000631. The molecule has 0 aromatic heterocycles. The highest BCUT2D eigenvalue weighted by Gasteiger charge is 2.24. The second-order valence-corrected chi connectivity index (χ2v) is 9.18. The third kappa shape index (κ3) is 13.8. The molecule has 6 heteroatoms. The van der Waals surface area contributed by atoms with Gasteiger partial charge >= 0.3 is 0 Å². The molecule has 1 aliphatic heterocycles. The van der Waals surface area contributed by atoms with Gasteiger partial charge < -0.3 is 19.3 Å². The van der Waals surface area contributed by atoms with Crippen LogP contribution in [-0.4, -0.2) is 62.6 Å². The molecule has 1 unspecified atom stereocenters. The first-order chi connectivity index (χ1) is 17.7. The summed E-state index contributed by atoms with van der Waals surface area (Å²) >= 11 is 5.93. The van der Waals surface area contributed by atoms with E-state index in [-0.39, 0.29) is 0 Å². The number of ether oxygens (including phenoxy) is 2. The molecule has 0 amide bonds. The van der Waals surface area contributed by atoms with Crippen LogP contribution in [-0.2, 0) is 9.47 Å². The maximum Gasteiger partial charge on any atom is 0.257 e. The Morgan fingerprint density at radius 3 is 2.41 bits per heavy atom. The summed E-state index contributed by atoms with van der Waals surface area (Å²) in [4.78, 5) is 8.97. The van der Waals surface area contributed by atoms with Crippen molar-refractivity contribution in [2.24, 2.45) is 4.99 Å². The fourth-order valence-electron chi connectivity index (χ4n) is 3.62. The molecule has 1 rings (SSSR count). The van der Waals surface area contributed by atoms with E-state index in [1.165, 1.54) is 17.7 Å². The predicted molar refractivity (Wildman–Crippen MR) is 161 cm³/mol. The SMILES string of the molecule is C#C.C=C(/C=C/C=C(\C=C/C)N1CCC(N(C)C)C1)OC(=NC)/C(=C/C)OCC/C(=C/C=C(\C)Cl)CC. The largest absolute Gasteiger partial charge is 0.488 e. The molecule has 0 aromatic rings. The van der Waals surface area contributed by atoms with Crippen molar-refractivity contribution in [2.75, 3.05) is 40.8 Å². The van der Waals surface area contributed by atoms with Crippen molar-refractivity contribution in [1.82, 2.24) is 9.80 Å². The van der Waals surface area contributed by atoms with E-state index in [2.05, 4.69) is 79.5 Å². The fraction of sp³-hybridized carbons (Fsp3) is 0.452. The zero-order valence-corrected chi connectivity index (χ0v) is 24.6. The number of likely N-dealkylation sites (N-methyl/N-ethyl adjacent to an activating group) is 1. The van der Waals surface area contributed by atoms with Gasteiger partial charge in [0.2, 0.25) is 0 Å². The normalized spacial score (nSPS) is 18.0. The summed E-state index contributed by atoms with van der Waals surface area (Å²) in [5, 5.41) is 0.761. The van der Waals surface area contributed by atoms with Crippen LogP contribution in [0.15, 0.2) is 88.0 Å². The molecule has 5 nitrogen and oxygen atoms in total. The average Bonchev–Trinajstić information content (AvgIpc) is 3.38. The molecule has 1 heterocycles. The number of rotatable bonds is 13. The highest BCUT2D eigenvalue weighted by Crippen LogP contribution is 2.19. The number of hydrogen-bond acceptors (Lipinski definition) is 5. The second kappa shape index (κ2) is 20.2. The molecule has 1 saturated heterocycles. The first-order valence-electron chi connectivity index (χ1n) is 12.7. The van der Waals surface area contributed by atoms with Crippen molar-refractivity contribution >= 4 is 17.5 Å². The van der Waals surface area contributed by atoms with Crippen LogP contribution < -0.4 is 0 Å². The van der Waals surface area contributed by atoms with Gasteiger partial charge in [0.15, 0.2) is 5.76 Å². The number of hydrogen-bond donors (Lipinski definition) is 0. The standard InChI is InChI=1S/C29H44ClN3O2.C2H2/c1-9-13-26(33-20-18-27(22-33)32(7)8)15-12-14-24(5)35-29(31-6)28(11-3)34-21-19-25(10-2)17-16-23(4)30;1-2/h9,11-17,27H,5,10,18-22H2,1-4,6-8H3;1-2H/b13-9-,14-12+,23-16+,25-17+,26-15+,28-11-,31-29?;. The van der Waals surface area contributed by atoms with Gasteiger partial charge in [-0.2, -0.15) is 0 Å². The fourth-order valence-corrected chi connectivity index (χ4v) is 3.69. The molecular weight excluding hydrogens is 482 g/mol. The first-order valence-corrected chi connectivity index (χ1v) is 13.0. The number of likely N-dealkylation sites (tertiary alicyclic amines) is 1. The lowest BCUT2D eigenvalue weighted by atomic mass is 10.1. The Bertz CT molecular complexity index is 929. The molecule has 37 heavy (non-hydrogen) atoms. The Kier molecular flexibility index (Phi) is 18.6. The van der Waals surface area contributed by atoms with E-state index in [9.17, 15) is 0 Å². The topological polar surface area (TPSA) is 37.3 Å². The van der Waals surface area contributed by atoms with Crippen molar-refractivity contribution in [3.05, 3.63) is 83.0 Å². The quantitative estimate of drug-likeness (QED) is 0.0831. The maximum atomic E-state index is 5.97. The lowest BCUT2D eigenvalue weighted by Crippen LogP contribution is -2.31. The van der Waals surface area contributed by atoms with Gasteiger partial charge in [-0.3, -0.25) is 4.99 Å². The van der Waals surface area contributed by atoms with Crippen LogP contribution in [0, 0.1) is 12.8 Å². The minimum Gasteiger partial charge on any atom is -0.488 e. The molecule has 1 atom stereocenters. The van der Waals surface area contributed by atoms with Crippen molar-refractivity contribution in [3.63, 3.8) is 0 Å². The lowest BCUT2D eigenvalue weighted by Gasteiger charge is -2.22. The van der Waals surface area contributed by atoms with Gasteiger partial charge in [0.1, 0.15) is 5.76 Å². The molecule has 0 N–H and O–H groups in total. The highest BCUT2D eigenvalue weighted by atomic mass is 35.5. The van der Waals surface area contributed by atoms with E-state index in [4.69, 9.17) is 21.1 Å². The first kappa shape index (κ1) is 34.1. The molecule has 0 aliphatic carbocycles. The van der Waals surface area contributed by atoms with E-state index in [0.717, 1.165) is 31.0 Å². The summed E-state index contributed by atoms with van der Waals surface area (Å²) < 4.78 is 11.9. The van der Waals surface area contributed by atoms with E-state index in [0.29, 0.717) is 30.1 Å².